The number of aromatic nitrogens is 3. The third-order valence-corrected chi connectivity index (χ3v) is 6.54. The van der Waals surface area contributed by atoms with E-state index in [-0.39, 0.29) is 16.6 Å². The summed E-state index contributed by atoms with van der Waals surface area (Å²) in [6.45, 7) is 6.85. The molecule has 1 amide bonds. The molecular weight excluding hydrogens is 437 g/mol. The number of nitrogens with zero attached hydrogens (tertiary/aromatic N) is 4. The van der Waals surface area contributed by atoms with Crippen LogP contribution >= 0.6 is 23.4 Å². The minimum atomic E-state index is -0.515. The molecule has 2 heterocycles. The Labute approximate surface area is 189 Å². The number of halogens is 2. The predicted octanol–water partition coefficient (Wildman–Crippen LogP) is 4.48. The molecule has 2 aromatic carbocycles. The second-order valence-corrected chi connectivity index (χ2v) is 9.16. The number of hydrogen-bond acceptors (Lipinski definition) is 5. The van der Waals surface area contributed by atoms with Crippen molar-refractivity contribution in [3.05, 3.63) is 69.8 Å². The van der Waals surface area contributed by atoms with Crippen LogP contribution in [-0.2, 0) is 6.54 Å². The summed E-state index contributed by atoms with van der Waals surface area (Å²) >= 11 is 7.86. The fourth-order valence-electron chi connectivity index (χ4n) is 3.56. The van der Waals surface area contributed by atoms with Gasteiger partial charge in [-0.1, -0.05) is 28.9 Å². The van der Waals surface area contributed by atoms with Gasteiger partial charge < -0.3 is 5.32 Å². The molecule has 1 aromatic heterocycles. The highest BCUT2D eigenvalue weighted by molar-refractivity contribution is 7.99. The van der Waals surface area contributed by atoms with E-state index in [0.717, 1.165) is 30.9 Å². The van der Waals surface area contributed by atoms with Gasteiger partial charge in [0.25, 0.3) is 5.91 Å². The largest absolute Gasteiger partial charge is 0.320 e. The first-order chi connectivity index (χ1) is 14.9. The molecule has 162 valence electrons. The Balaban J connectivity index is 1.48. The molecule has 4 rings (SSSR count). The normalized spacial score (nSPS) is 14.6. The van der Waals surface area contributed by atoms with Crippen molar-refractivity contribution in [1.82, 2.24) is 19.9 Å². The molecule has 3 aromatic rings. The second-order valence-electron chi connectivity index (χ2n) is 7.53. The van der Waals surface area contributed by atoms with Gasteiger partial charge in [0.2, 0.25) is 0 Å². The van der Waals surface area contributed by atoms with Gasteiger partial charge in [-0.2, -0.15) is 11.8 Å². The van der Waals surface area contributed by atoms with Crippen LogP contribution in [0.4, 0.5) is 10.1 Å². The van der Waals surface area contributed by atoms with Crippen LogP contribution in [0.3, 0.4) is 0 Å². The molecule has 6 nitrogen and oxygen atoms in total. The summed E-state index contributed by atoms with van der Waals surface area (Å²) in [4.78, 5) is 15.3. The molecule has 0 atom stereocenters. The molecule has 1 saturated heterocycles. The lowest BCUT2D eigenvalue weighted by atomic mass is 10.1. The molecule has 0 bridgehead atoms. The summed E-state index contributed by atoms with van der Waals surface area (Å²) in [5, 5.41) is 11.0. The number of anilines is 1. The molecule has 0 radical (unpaired) electrons. The summed E-state index contributed by atoms with van der Waals surface area (Å²) in [6, 6.07) is 10.3. The second kappa shape index (κ2) is 9.38. The molecule has 1 aliphatic rings. The van der Waals surface area contributed by atoms with Gasteiger partial charge in [-0.05, 0) is 49.2 Å². The Bertz CT molecular complexity index is 1110. The number of carbonyl (C=O) groups is 1. The van der Waals surface area contributed by atoms with Gasteiger partial charge in [-0.15, -0.1) is 5.10 Å². The van der Waals surface area contributed by atoms with Crippen molar-refractivity contribution in [3.63, 3.8) is 0 Å². The quantitative estimate of drug-likeness (QED) is 0.609. The average molecular weight is 460 g/mol. The molecular formula is C22H23ClFN5OS. The molecule has 0 saturated carbocycles. The lowest BCUT2D eigenvalue weighted by Crippen LogP contribution is -2.31. The minimum absolute atomic E-state index is 0.0163. The van der Waals surface area contributed by atoms with Gasteiger partial charge in [0.05, 0.1) is 16.4 Å². The number of amides is 1. The third kappa shape index (κ3) is 4.92. The lowest BCUT2D eigenvalue weighted by molar-refractivity contribution is 0.102. The van der Waals surface area contributed by atoms with Gasteiger partial charge in [0.1, 0.15) is 5.82 Å². The highest BCUT2D eigenvalue weighted by atomic mass is 35.5. The molecule has 31 heavy (non-hydrogen) atoms. The zero-order valence-corrected chi connectivity index (χ0v) is 18.9. The number of carbonyl (C=O) groups excluding carboxylic acids is 1. The van der Waals surface area contributed by atoms with Gasteiger partial charge in [-0.3, -0.25) is 9.69 Å². The maximum atomic E-state index is 13.4. The number of thioether (sulfide) groups is 1. The Kier molecular flexibility index (Phi) is 6.60. The summed E-state index contributed by atoms with van der Waals surface area (Å²) in [6.07, 6.45) is 0. The van der Waals surface area contributed by atoms with Crippen molar-refractivity contribution in [1.29, 1.82) is 0 Å². The monoisotopic (exact) mass is 459 g/mol. The maximum Gasteiger partial charge on any atom is 0.278 e. The van der Waals surface area contributed by atoms with E-state index >= 15 is 0 Å². The highest BCUT2D eigenvalue weighted by Gasteiger charge is 2.19. The van der Waals surface area contributed by atoms with E-state index in [4.69, 9.17) is 11.6 Å². The van der Waals surface area contributed by atoms with Gasteiger partial charge in [0.15, 0.2) is 5.69 Å². The van der Waals surface area contributed by atoms with Crippen LogP contribution in [0.15, 0.2) is 36.4 Å². The zero-order chi connectivity index (χ0) is 22.0. The Morgan fingerprint density at radius 3 is 2.68 bits per heavy atom. The standard InChI is InChI=1S/C22H23ClFN5OS/c1-14-11-16(13-28-7-9-31-10-8-28)3-6-20(14)25-22(30)21-15(2)29(27-26-21)17-4-5-19(24)18(23)12-17/h3-6,11-12H,7-10,13H2,1-2H3,(H,25,30). The third-order valence-electron chi connectivity index (χ3n) is 5.31. The zero-order valence-electron chi connectivity index (χ0n) is 17.4. The number of nitrogens with one attached hydrogen (secondary N) is 1. The van der Waals surface area contributed by atoms with Crippen molar-refractivity contribution in [3.8, 4) is 5.69 Å². The van der Waals surface area contributed by atoms with Crippen LogP contribution < -0.4 is 5.32 Å². The molecule has 1 N–H and O–H groups in total. The summed E-state index contributed by atoms with van der Waals surface area (Å²) in [7, 11) is 0. The maximum absolute atomic E-state index is 13.4. The van der Waals surface area contributed by atoms with E-state index in [2.05, 4.69) is 32.7 Å². The highest BCUT2D eigenvalue weighted by Crippen LogP contribution is 2.22. The predicted molar refractivity (Wildman–Crippen MR) is 123 cm³/mol. The first-order valence-electron chi connectivity index (χ1n) is 10.0. The van der Waals surface area contributed by atoms with Crippen molar-refractivity contribution < 1.29 is 9.18 Å². The van der Waals surface area contributed by atoms with Crippen LogP contribution in [-0.4, -0.2) is 50.4 Å². The van der Waals surface area contributed by atoms with Crippen LogP contribution in [0.2, 0.25) is 5.02 Å². The Morgan fingerprint density at radius 1 is 1.19 bits per heavy atom. The smallest absolute Gasteiger partial charge is 0.278 e. The SMILES string of the molecule is Cc1cc(CN2CCSCC2)ccc1NC(=O)c1nnn(-c2ccc(F)c(Cl)c2)c1C. The number of benzene rings is 2. The molecule has 1 fully saturated rings. The first-order valence-corrected chi connectivity index (χ1v) is 11.5. The van der Waals surface area contributed by atoms with E-state index in [9.17, 15) is 9.18 Å². The number of rotatable bonds is 5. The van der Waals surface area contributed by atoms with Crippen LogP contribution in [0.5, 0.6) is 0 Å². The Hall–Kier alpha value is -2.42. The molecule has 0 unspecified atom stereocenters. The molecule has 0 aliphatic carbocycles. The Morgan fingerprint density at radius 2 is 1.97 bits per heavy atom. The van der Waals surface area contributed by atoms with Crippen LogP contribution in [0.25, 0.3) is 5.69 Å². The van der Waals surface area contributed by atoms with Crippen LogP contribution in [0, 0.1) is 19.7 Å². The van der Waals surface area contributed by atoms with Gasteiger partial charge in [-0.25, -0.2) is 9.07 Å². The molecule has 9 heteroatoms. The van der Waals surface area contributed by atoms with E-state index in [1.165, 1.54) is 40.0 Å². The summed E-state index contributed by atoms with van der Waals surface area (Å²) in [5.74, 6) is 1.49. The van der Waals surface area contributed by atoms with Crippen LogP contribution in [0.1, 0.15) is 27.3 Å². The fourth-order valence-corrected chi connectivity index (χ4v) is 4.72. The topological polar surface area (TPSA) is 63.1 Å². The van der Waals surface area contributed by atoms with E-state index in [1.54, 1.807) is 6.92 Å². The molecule has 1 aliphatic heterocycles. The first kappa shape index (κ1) is 21.8. The summed E-state index contributed by atoms with van der Waals surface area (Å²) in [5.41, 5.74) is 4.24. The van der Waals surface area contributed by atoms with Crippen molar-refractivity contribution >= 4 is 35.0 Å². The number of hydrogen-bond donors (Lipinski definition) is 1. The van der Waals surface area contributed by atoms with E-state index in [0.29, 0.717) is 11.4 Å². The lowest BCUT2D eigenvalue weighted by Gasteiger charge is -2.26. The van der Waals surface area contributed by atoms with Crippen molar-refractivity contribution in [2.24, 2.45) is 0 Å². The van der Waals surface area contributed by atoms with Crippen molar-refractivity contribution in [2.75, 3.05) is 29.9 Å². The number of aryl methyl sites for hydroxylation is 1. The minimum Gasteiger partial charge on any atom is -0.320 e. The average Bonchev–Trinajstić information content (AvgIpc) is 3.14. The van der Waals surface area contributed by atoms with Gasteiger partial charge in [0, 0.05) is 36.8 Å². The molecule has 0 spiro atoms. The van der Waals surface area contributed by atoms with E-state index < -0.39 is 5.82 Å². The summed E-state index contributed by atoms with van der Waals surface area (Å²) < 4.78 is 14.9. The van der Waals surface area contributed by atoms with Gasteiger partial charge >= 0.3 is 0 Å². The van der Waals surface area contributed by atoms with E-state index in [1.807, 2.05) is 24.8 Å². The van der Waals surface area contributed by atoms with Crippen molar-refractivity contribution in [2.45, 2.75) is 20.4 Å². The fraction of sp³-hybridized carbons (Fsp3) is 0.318.